The van der Waals surface area contributed by atoms with E-state index < -0.39 is 15.9 Å². The lowest BCUT2D eigenvalue weighted by molar-refractivity contribution is 0.592. The van der Waals surface area contributed by atoms with Crippen LogP contribution < -0.4 is 5.73 Å². The van der Waals surface area contributed by atoms with Crippen LogP contribution >= 0.6 is 23.2 Å². The molecule has 90 valence electrons. The first kappa shape index (κ1) is 13.8. The van der Waals surface area contributed by atoms with Crippen LogP contribution in [0.3, 0.4) is 0 Å². The van der Waals surface area contributed by atoms with Crippen LogP contribution in [-0.4, -0.2) is 20.4 Å². The van der Waals surface area contributed by atoms with Crippen molar-refractivity contribution in [3.05, 3.63) is 33.8 Å². The first-order valence-corrected chi connectivity index (χ1v) is 7.49. The minimum atomic E-state index is -3.01. The summed E-state index contributed by atoms with van der Waals surface area (Å²) < 4.78 is 22.0. The van der Waals surface area contributed by atoms with Crippen LogP contribution in [0.4, 0.5) is 0 Å². The molecule has 0 aliphatic carbocycles. The lowest BCUT2D eigenvalue weighted by Gasteiger charge is -2.13. The molecule has 0 aliphatic rings. The van der Waals surface area contributed by atoms with Gasteiger partial charge in [0.15, 0.2) is 0 Å². The molecule has 0 fully saturated rings. The summed E-state index contributed by atoms with van der Waals surface area (Å²) in [5, 5.41) is 1.04. The molecule has 16 heavy (non-hydrogen) atoms. The Morgan fingerprint density at radius 3 is 2.56 bits per heavy atom. The van der Waals surface area contributed by atoms with Crippen LogP contribution in [0, 0.1) is 0 Å². The molecular weight excluding hydrogens is 269 g/mol. The minimum absolute atomic E-state index is 0.0387. The molecule has 1 unspecified atom stereocenters. The molecule has 0 bridgehead atoms. The first-order valence-electron chi connectivity index (χ1n) is 4.68. The zero-order valence-electron chi connectivity index (χ0n) is 8.78. The molecule has 3 nitrogen and oxygen atoms in total. The first-order chi connectivity index (χ1) is 7.29. The maximum atomic E-state index is 11.0. The van der Waals surface area contributed by atoms with Crippen LogP contribution in [0.25, 0.3) is 0 Å². The van der Waals surface area contributed by atoms with Gasteiger partial charge in [-0.2, -0.15) is 0 Å². The van der Waals surface area contributed by atoms with Crippen molar-refractivity contribution in [2.45, 2.75) is 12.5 Å². The van der Waals surface area contributed by atoms with Crippen molar-refractivity contribution in [1.82, 2.24) is 0 Å². The largest absolute Gasteiger partial charge is 0.324 e. The molecule has 0 aromatic heterocycles. The number of hydrogen-bond donors (Lipinski definition) is 1. The second-order valence-corrected chi connectivity index (χ2v) is 6.79. The second-order valence-electron chi connectivity index (χ2n) is 3.69. The normalized spacial score (nSPS) is 13.8. The van der Waals surface area contributed by atoms with Crippen molar-refractivity contribution >= 4 is 33.0 Å². The van der Waals surface area contributed by atoms with Gasteiger partial charge in [0.05, 0.1) is 5.75 Å². The number of nitrogens with two attached hydrogens (primary N) is 1. The fraction of sp³-hybridized carbons (Fsp3) is 0.400. The maximum absolute atomic E-state index is 11.0. The van der Waals surface area contributed by atoms with E-state index in [1.165, 1.54) is 6.26 Å². The van der Waals surface area contributed by atoms with Gasteiger partial charge in [-0.15, -0.1) is 0 Å². The molecule has 1 atom stereocenters. The quantitative estimate of drug-likeness (QED) is 0.922. The molecule has 0 saturated heterocycles. The molecule has 1 aromatic rings. The molecule has 6 heteroatoms. The van der Waals surface area contributed by atoms with Gasteiger partial charge in [-0.1, -0.05) is 23.2 Å². The number of rotatable bonds is 4. The molecule has 1 aromatic carbocycles. The van der Waals surface area contributed by atoms with E-state index in [1.54, 1.807) is 18.2 Å². The monoisotopic (exact) mass is 281 g/mol. The van der Waals surface area contributed by atoms with Gasteiger partial charge in [0.25, 0.3) is 0 Å². The predicted molar refractivity (Wildman–Crippen MR) is 67.7 cm³/mol. The molecule has 0 radical (unpaired) electrons. The SMILES string of the molecule is CS(=O)(=O)CCC(N)c1cc(Cl)ccc1Cl. The highest BCUT2D eigenvalue weighted by Crippen LogP contribution is 2.26. The second kappa shape index (κ2) is 5.36. The summed E-state index contributed by atoms with van der Waals surface area (Å²) in [5.74, 6) is 0.0387. The van der Waals surface area contributed by atoms with Gasteiger partial charge < -0.3 is 5.73 Å². The van der Waals surface area contributed by atoms with E-state index in [0.29, 0.717) is 22.0 Å². The Bertz CT molecular complexity index is 474. The van der Waals surface area contributed by atoms with Gasteiger partial charge in [-0.3, -0.25) is 0 Å². The number of hydrogen-bond acceptors (Lipinski definition) is 3. The van der Waals surface area contributed by atoms with Crippen LogP contribution in [0.15, 0.2) is 18.2 Å². The van der Waals surface area contributed by atoms with Gasteiger partial charge in [-0.25, -0.2) is 8.42 Å². The fourth-order valence-electron chi connectivity index (χ4n) is 1.30. The van der Waals surface area contributed by atoms with E-state index in [0.717, 1.165) is 0 Å². The predicted octanol–water partition coefficient (Wildman–Crippen LogP) is 2.43. The highest BCUT2D eigenvalue weighted by atomic mass is 35.5. The summed E-state index contributed by atoms with van der Waals surface area (Å²) >= 11 is 11.8. The third-order valence-corrected chi connectivity index (χ3v) is 3.71. The van der Waals surface area contributed by atoms with Crippen molar-refractivity contribution < 1.29 is 8.42 Å². The molecule has 0 spiro atoms. The Morgan fingerprint density at radius 1 is 1.38 bits per heavy atom. The van der Waals surface area contributed by atoms with Gasteiger partial charge in [-0.05, 0) is 30.2 Å². The molecule has 0 heterocycles. The third kappa shape index (κ3) is 4.29. The van der Waals surface area contributed by atoms with Gasteiger partial charge in [0, 0.05) is 22.3 Å². The molecule has 2 N–H and O–H groups in total. The van der Waals surface area contributed by atoms with Gasteiger partial charge >= 0.3 is 0 Å². The lowest BCUT2D eigenvalue weighted by Crippen LogP contribution is -2.16. The summed E-state index contributed by atoms with van der Waals surface area (Å²) in [6.07, 6.45) is 1.51. The molecule has 0 amide bonds. The van der Waals surface area contributed by atoms with E-state index in [-0.39, 0.29) is 5.75 Å². The topological polar surface area (TPSA) is 60.2 Å². The van der Waals surface area contributed by atoms with Crippen molar-refractivity contribution in [3.63, 3.8) is 0 Å². The van der Waals surface area contributed by atoms with Crippen LogP contribution in [0.5, 0.6) is 0 Å². The van der Waals surface area contributed by atoms with E-state index in [4.69, 9.17) is 28.9 Å². The lowest BCUT2D eigenvalue weighted by atomic mass is 10.1. The highest BCUT2D eigenvalue weighted by molar-refractivity contribution is 7.90. The third-order valence-electron chi connectivity index (χ3n) is 2.16. The standard InChI is InChI=1S/C10H13Cl2NO2S/c1-16(14,15)5-4-10(13)8-6-7(11)2-3-9(8)12/h2-3,6,10H,4-5,13H2,1H3. The average Bonchev–Trinajstić information content (AvgIpc) is 2.17. The fourth-order valence-corrected chi connectivity index (χ4v) is 2.42. The summed E-state index contributed by atoms with van der Waals surface area (Å²) in [6.45, 7) is 0. The van der Waals surface area contributed by atoms with Crippen molar-refractivity contribution in [2.75, 3.05) is 12.0 Å². The van der Waals surface area contributed by atoms with Gasteiger partial charge in [0.1, 0.15) is 9.84 Å². The average molecular weight is 282 g/mol. The molecule has 0 saturated carbocycles. The van der Waals surface area contributed by atoms with Crippen LogP contribution in [0.2, 0.25) is 10.0 Å². The van der Waals surface area contributed by atoms with Crippen molar-refractivity contribution in [1.29, 1.82) is 0 Å². The Balaban J connectivity index is 2.80. The van der Waals surface area contributed by atoms with Crippen LogP contribution in [0.1, 0.15) is 18.0 Å². The minimum Gasteiger partial charge on any atom is -0.324 e. The Hall–Kier alpha value is -0.290. The number of benzene rings is 1. The number of halogens is 2. The van der Waals surface area contributed by atoms with E-state index in [1.807, 2.05) is 0 Å². The van der Waals surface area contributed by atoms with Crippen LogP contribution in [-0.2, 0) is 9.84 Å². The zero-order chi connectivity index (χ0) is 12.3. The summed E-state index contributed by atoms with van der Waals surface area (Å²) in [7, 11) is -3.01. The summed E-state index contributed by atoms with van der Waals surface area (Å²) in [5.41, 5.74) is 6.54. The zero-order valence-corrected chi connectivity index (χ0v) is 11.1. The molecule has 1 rings (SSSR count). The van der Waals surface area contributed by atoms with E-state index in [2.05, 4.69) is 0 Å². The van der Waals surface area contributed by atoms with E-state index >= 15 is 0 Å². The summed E-state index contributed by atoms with van der Waals surface area (Å²) in [4.78, 5) is 0. The molecular formula is C10H13Cl2NO2S. The van der Waals surface area contributed by atoms with Crippen molar-refractivity contribution in [2.24, 2.45) is 5.73 Å². The molecule has 0 aliphatic heterocycles. The number of sulfone groups is 1. The van der Waals surface area contributed by atoms with Crippen molar-refractivity contribution in [3.8, 4) is 0 Å². The Labute approximate surface area is 105 Å². The van der Waals surface area contributed by atoms with Gasteiger partial charge in [0.2, 0.25) is 0 Å². The Kier molecular flexibility index (Phi) is 4.62. The van der Waals surface area contributed by atoms with E-state index in [9.17, 15) is 8.42 Å². The smallest absolute Gasteiger partial charge is 0.147 e. The maximum Gasteiger partial charge on any atom is 0.147 e. The summed E-state index contributed by atoms with van der Waals surface area (Å²) in [6, 6.07) is 4.56. The highest BCUT2D eigenvalue weighted by Gasteiger charge is 2.13. The Morgan fingerprint density at radius 2 is 2.00 bits per heavy atom.